The van der Waals surface area contributed by atoms with Crippen molar-refractivity contribution < 1.29 is 17.9 Å². The largest absolute Gasteiger partial charge is 0.416 e. The predicted octanol–water partition coefficient (Wildman–Crippen LogP) is 4.68. The molecule has 1 aliphatic carbocycles. The van der Waals surface area contributed by atoms with Crippen molar-refractivity contribution in [2.75, 3.05) is 13.7 Å². The molecule has 3 aromatic rings. The maximum Gasteiger partial charge on any atom is 0.416 e. The molecule has 0 saturated carbocycles. The fourth-order valence-electron chi connectivity index (χ4n) is 4.42. The monoisotopic (exact) mass is 444 g/mol. The molecular weight excluding hydrogens is 417 g/mol. The summed E-state index contributed by atoms with van der Waals surface area (Å²) in [5.74, 6) is 0. The van der Waals surface area contributed by atoms with Crippen molar-refractivity contribution in [2.45, 2.75) is 51.5 Å². The number of methoxy groups -OCH3 is 1. The zero-order valence-corrected chi connectivity index (χ0v) is 18.3. The van der Waals surface area contributed by atoms with Gasteiger partial charge >= 0.3 is 6.18 Å². The Balaban J connectivity index is 1.78. The van der Waals surface area contributed by atoms with Gasteiger partial charge in [0.25, 0.3) is 5.56 Å². The molecule has 0 spiro atoms. The van der Waals surface area contributed by atoms with E-state index in [0.717, 1.165) is 42.3 Å². The number of ether oxygens (including phenoxy) is 1. The van der Waals surface area contributed by atoms with Crippen LogP contribution in [0.2, 0.25) is 0 Å². The van der Waals surface area contributed by atoms with Gasteiger partial charge < -0.3 is 14.6 Å². The molecule has 1 atom stereocenters. The first kappa shape index (κ1) is 22.6. The summed E-state index contributed by atoms with van der Waals surface area (Å²) in [5.41, 5.74) is 3.40. The number of nitrogens with zero attached hydrogens (tertiary/aromatic N) is 1. The zero-order valence-electron chi connectivity index (χ0n) is 18.3. The Hall–Kier alpha value is -2.64. The SMILES string of the molecule is COCC(C)NCc1cc2cc3c(cc2n(Cc2cccc(C(F)(F)F)c2)c1=O)CCC3. The van der Waals surface area contributed by atoms with Crippen LogP contribution in [0.3, 0.4) is 0 Å². The van der Waals surface area contributed by atoms with Crippen LogP contribution in [-0.4, -0.2) is 24.3 Å². The molecule has 7 heteroatoms. The third-order valence-corrected chi connectivity index (χ3v) is 6.03. The predicted molar refractivity (Wildman–Crippen MR) is 119 cm³/mol. The Labute approximate surface area is 185 Å². The minimum Gasteiger partial charge on any atom is -0.383 e. The van der Waals surface area contributed by atoms with Crippen LogP contribution in [0.25, 0.3) is 10.9 Å². The molecular formula is C25H27F3N2O2. The van der Waals surface area contributed by atoms with Gasteiger partial charge in [0.05, 0.1) is 24.2 Å². The molecule has 0 aliphatic heterocycles. The summed E-state index contributed by atoms with van der Waals surface area (Å²) in [6, 6.07) is 11.3. The Bertz CT molecular complexity index is 1180. The van der Waals surface area contributed by atoms with E-state index in [-0.39, 0.29) is 18.1 Å². The molecule has 1 heterocycles. The van der Waals surface area contributed by atoms with Gasteiger partial charge in [-0.25, -0.2) is 0 Å². The highest BCUT2D eigenvalue weighted by Gasteiger charge is 2.30. The van der Waals surface area contributed by atoms with Gasteiger partial charge in [0.1, 0.15) is 0 Å². The number of hydrogen-bond donors (Lipinski definition) is 1. The van der Waals surface area contributed by atoms with Gasteiger partial charge in [-0.05, 0) is 78.6 Å². The van der Waals surface area contributed by atoms with Gasteiger partial charge in [-0.3, -0.25) is 4.79 Å². The van der Waals surface area contributed by atoms with Crippen LogP contribution in [-0.2, 0) is 36.8 Å². The van der Waals surface area contributed by atoms with Crippen LogP contribution in [0.4, 0.5) is 13.2 Å². The molecule has 0 radical (unpaired) electrons. The summed E-state index contributed by atoms with van der Waals surface area (Å²) in [5, 5.41) is 4.23. The number of aryl methyl sites for hydroxylation is 2. The quantitative estimate of drug-likeness (QED) is 0.575. The summed E-state index contributed by atoms with van der Waals surface area (Å²) >= 11 is 0. The first-order chi connectivity index (χ1) is 15.3. The van der Waals surface area contributed by atoms with E-state index in [1.165, 1.54) is 17.2 Å². The highest BCUT2D eigenvalue weighted by Crippen LogP contribution is 2.30. The number of halogens is 3. The maximum absolute atomic E-state index is 13.4. The third kappa shape index (κ3) is 4.74. The van der Waals surface area contributed by atoms with Crippen molar-refractivity contribution in [3.63, 3.8) is 0 Å². The van der Waals surface area contributed by atoms with E-state index in [0.29, 0.717) is 24.3 Å². The average molecular weight is 444 g/mol. The van der Waals surface area contributed by atoms with Gasteiger partial charge in [-0.1, -0.05) is 12.1 Å². The molecule has 4 rings (SSSR count). The Kier molecular flexibility index (Phi) is 6.40. The fourth-order valence-corrected chi connectivity index (χ4v) is 4.42. The van der Waals surface area contributed by atoms with E-state index < -0.39 is 11.7 Å². The molecule has 0 saturated heterocycles. The molecule has 1 unspecified atom stereocenters. The minimum atomic E-state index is -4.42. The summed E-state index contributed by atoms with van der Waals surface area (Å²) < 4.78 is 46.4. The first-order valence-electron chi connectivity index (χ1n) is 10.8. The second-order valence-electron chi connectivity index (χ2n) is 8.53. The standard InChI is InChI=1S/C25H27F3N2O2/c1-16(15-32-2)29-13-21-11-20-10-18-6-4-7-19(18)12-23(20)30(24(21)31)14-17-5-3-8-22(9-17)25(26,27)28/h3,5,8-12,16,29H,4,6-7,13-15H2,1-2H3. The average Bonchev–Trinajstić information content (AvgIpc) is 3.20. The Morgan fingerprint density at radius 1 is 1.12 bits per heavy atom. The molecule has 0 bridgehead atoms. The smallest absolute Gasteiger partial charge is 0.383 e. The molecule has 4 nitrogen and oxygen atoms in total. The van der Waals surface area contributed by atoms with Crippen LogP contribution in [0, 0.1) is 0 Å². The van der Waals surface area contributed by atoms with Crippen LogP contribution in [0.5, 0.6) is 0 Å². The Morgan fingerprint density at radius 3 is 2.59 bits per heavy atom. The lowest BCUT2D eigenvalue weighted by molar-refractivity contribution is -0.137. The van der Waals surface area contributed by atoms with Gasteiger partial charge in [0.2, 0.25) is 0 Å². The van der Waals surface area contributed by atoms with Crippen molar-refractivity contribution in [1.82, 2.24) is 9.88 Å². The number of hydrogen-bond acceptors (Lipinski definition) is 3. The number of benzene rings is 2. The number of rotatable bonds is 7. The van der Waals surface area contributed by atoms with Crippen LogP contribution >= 0.6 is 0 Å². The van der Waals surface area contributed by atoms with E-state index in [4.69, 9.17) is 4.74 Å². The second kappa shape index (κ2) is 9.08. The van der Waals surface area contributed by atoms with Crippen molar-refractivity contribution in [3.8, 4) is 0 Å². The molecule has 1 N–H and O–H groups in total. The van der Waals surface area contributed by atoms with Crippen LogP contribution in [0.15, 0.2) is 47.3 Å². The lowest BCUT2D eigenvalue weighted by atomic mass is 10.0. The van der Waals surface area contributed by atoms with Gasteiger partial charge in [-0.2, -0.15) is 13.2 Å². The molecule has 170 valence electrons. The van der Waals surface area contributed by atoms with Gasteiger partial charge in [-0.15, -0.1) is 0 Å². The number of aromatic nitrogens is 1. The molecule has 2 aromatic carbocycles. The summed E-state index contributed by atoms with van der Waals surface area (Å²) in [6.45, 7) is 2.93. The van der Waals surface area contributed by atoms with E-state index in [9.17, 15) is 18.0 Å². The van der Waals surface area contributed by atoms with Crippen molar-refractivity contribution in [2.24, 2.45) is 0 Å². The molecule has 0 amide bonds. The summed E-state index contributed by atoms with van der Waals surface area (Å²) in [4.78, 5) is 13.4. The lowest BCUT2D eigenvalue weighted by Gasteiger charge is -2.17. The highest BCUT2D eigenvalue weighted by molar-refractivity contribution is 5.82. The number of nitrogens with one attached hydrogen (secondary N) is 1. The molecule has 32 heavy (non-hydrogen) atoms. The normalized spacial score (nSPS) is 14.7. The van der Waals surface area contributed by atoms with Crippen molar-refractivity contribution in [1.29, 1.82) is 0 Å². The maximum atomic E-state index is 13.4. The highest BCUT2D eigenvalue weighted by atomic mass is 19.4. The van der Waals surface area contributed by atoms with E-state index >= 15 is 0 Å². The van der Waals surface area contributed by atoms with E-state index in [1.807, 2.05) is 19.1 Å². The number of alkyl halides is 3. The van der Waals surface area contributed by atoms with E-state index in [1.54, 1.807) is 17.7 Å². The lowest BCUT2D eigenvalue weighted by Crippen LogP contribution is -2.33. The number of fused-ring (bicyclic) bond motifs is 2. The molecule has 1 aromatic heterocycles. The van der Waals surface area contributed by atoms with Crippen molar-refractivity contribution in [3.05, 3.63) is 80.6 Å². The van der Waals surface area contributed by atoms with E-state index in [2.05, 4.69) is 11.4 Å². The van der Waals surface area contributed by atoms with Crippen LogP contribution in [0.1, 0.15) is 41.2 Å². The van der Waals surface area contributed by atoms with Crippen molar-refractivity contribution >= 4 is 10.9 Å². The Morgan fingerprint density at radius 2 is 1.88 bits per heavy atom. The molecule has 0 fully saturated rings. The van der Waals surface area contributed by atoms with Gasteiger partial charge in [0.15, 0.2) is 0 Å². The van der Waals surface area contributed by atoms with Crippen LogP contribution < -0.4 is 10.9 Å². The first-order valence-corrected chi connectivity index (χ1v) is 10.8. The minimum absolute atomic E-state index is 0.0621. The molecule has 1 aliphatic rings. The van der Waals surface area contributed by atoms with Gasteiger partial charge in [0, 0.05) is 25.3 Å². The number of pyridine rings is 1. The zero-order chi connectivity index (χ0) is 22.9. The third-order valence-electron chi connectivity index (χ3n) is 6.03. The summed E-state index contributed by atoms with van der Waals surface area (Å²) in [6.07, 6.45) is -1.38. The summed E-state index contributed by atoms with van der Waals surface area (Å²) in [7, 11) is 1.62. The second-order valence-corrected chi connectivity index (χ2v) is 8.53. The topological polar surface area (TPSA) is 43.3 Å². The fraction of sp³-hybridized carbons (Fsp3) is 0.400.